The minimum Gasteiger partial charge on any atom is -0.496 e. The number of carbonyl (C=O) groups excluding carboxylic acids is 1. The van der Waals surface area contributed by atoms with Gasteiger partial charge in [-0.1, -0.05) is 29.8 Å². The Balaban J connectivity index is 1.72. The summed E-state index contributed by atoms with van der Waals surface area (Å²) in [5, 5.41) is 3.53. The summed E-state index contributed by atoms with van der Waals surface area (Å²) in [6.07, 6.45) is 0.625. The van der Waals surface area contributed by atoms with Crippen molar-refractivity contribution in [2.24, 2.45) is 0 Å². The monoisotopic (exact) mass is 358 g/mol. The minimum atomic E-state index is -0.398. The van der Waals surface area contributed by atoms with Crippen LogP contribution in [0.4, 0.5) is 4.39 Å². The van der Waals surface area contributed by atoms with E-state index in [4.69, 9.17) is 16.3 Å². The predicted octanol–water partition coefficient (Wildman–Crippen LogP) is 4.01. The molecule has 0 aliphatic rings. The van der Waals surface area contributed by atoms with Crippen LogP contribution in [0, 0.1) is 5.82 Å². The van der Waals surface area contributed by atoms with Crippen LogP contribution in [0.2, 0.25) is 5.15 Å². The van der Waals surface area contributed by atoms with Crippen LogP contribution in [-0.4, -0.2) is 24.5 Å². The molecule has 0 saturated heterocycles. The van der Waals surface area contributed by atoms with Crippen LogP contribution < -0.4 is 10.1 Å². The van der Waals surface area contributed by atoms with Gasteiger partial charge in [0.05, 0.1) is 18.2 Å². The molecule has 0 unspecified atom stereocenters. The molecule has 0 aliphatic heterocycles. The molecule has 128 valence electrons. The SMILES string of the molecule is COc1ccccc1CCNC(=O)c1cc2ccc(F)cc2nc1Cl. The highest BCUT2D eigenvalue weighted by Gasteiger charge is 2.13. The number of nitrogens with one attached hydrogen (secondary N) is 1. The van der Waals surface area contributed by atoms with Gasteiger partial charge in [0.2, 0.25) is 0 Å². The van der Waals surface area contributed by atoms with Crippen molar-refractivity contribution >= 4 is 28.4 Å². The number of carbonyl (C=O) groups is 1. The van der Waals surface area contributed by atoms with Gasteiger partial charge in [0, 0.05) is 18.0 Å². The Bertz CT molecular complexity index is 930. The summed E-state index contributed by atoms with van der Waals surface area (Å²) < 4.78 is 18.5. The molecule has 0 saturated carbocycles. The molecule has 4 nitrogen and oxygen atoms in total. The van der Waals surface area contributed by atoms with Gasteiger partial charge in [-0.15, -0.1) is 0 Å². The van der Waals surface area contributed by atoms with E-state index in [9.17, 15) is 9.18 Å². The summed E-state index contributed by atoms with van der Waals surface area (Å²) in [5.41, 5.74) is 1.68. The summed E-state index contributed by atoms with van der Waals surface area (Å²) in [4.78, 5) is 16.5. The van der Waals surface area contributed by atoms with E-state index in [1.165, 1.54) is 12.1 Å². The number of aromatic nitrogens is 1. The fourth-order valence-electron chi connectivity index (χ4n) is 2.59. The van der Waals surface area contributed by atoms with Gasteiger partial charge in [-0.3, -0.25) is 4.79 Å². The average Bonchev–Trinajstić information content (AvgIpc) is 2.61. The maximum absolute atomic E-state index is 13.2. The number of nitrogens with zero attached hydrogens (tertiary/aromatic N) is 1. The highest BCUT2D eigenvalue weighted by Crippen LogP contribution is 2.21. The summed E-state index contributed by atoms with van der Waals surface area (Å²) in [6, 6.07) is 13.4. The number of fused-ring (bicyclic) bond motifs is 1. The molecule has 6 heteroatoms. The van der Waals surface area contributed by atoms with Crippen molar-refractivity contribution < 1.29 is 13.9 Å². The lowest BCUT2D eigenvalue weighted by Crippen LogP contribution is -2.26. The number of hydrogen-bond donors (Lipinski definition) is 1. The van der Waals surface area contributed by atoms with Gasteiger partial charge in [-0.2, -0.15) is 0 Å². The van der Waals surface area contributed by atoms with Gasteiger partial charge in [0.25, 0.3) is 5.91 Å². The number of ether oxygens (including phenoxy) is 1. The molecule has 3 aromatic rings. The van der Waals surface area contributed by atoms with E-state index in [2.05, 4.69) is 10.3 Å². The summed E-state index contributed by atoms with van der Waals surface area (Å²) in [7, 11) is 1.61. The van der Waals surface area contributed by atoms with Crippen molar-refractivity contribution in [3.63, 3.8) is 0 Å². The number of hydrogen-bond acceptors (Lipinski definition) is 3. The molecule has 3 rings (SSSR count). The molecule has 25 heavy (non-hydrogen) atoms. The number of halogens is 2. The molecule has 0 bridgehead atoms. The Morgan fingerprint density at radius 1 is 1.24 bits per heavy atom. The van der Waals surface area contributed by atoms with Crippen molar-refractivity contribution in [2.75, 3.05) is 13.7 Å². The first-order valence-electron chi connectivity index (χ1n) is 7.74. The third kappa shape index (κ3) is 3.88. The maximum Gasteiger partial charge on any atom is 0.254 e. The van der Waals surface area contributed by atoms with Gasteiger partial charge in [0.15, 0.2) is 0 Å². The van der Waals surface area contributed by atoms with Crippen LogP contribution in [0.3, 0.4) is 0 Å². The standard InChI is InChI=1S/C19H16ClFN2O2/c1-25-17-5-3-2-4-12(17)8-9-22-19(24)15-10-13-6-7-14(21)11-16(13)23-18(15)20/h2-7,10-11H,8-9H2,1H3,(H,22,24). The fraction of sp³-hybridized carbons (Fsp3) is 0.158. The first kappa shape index (κ1) is 17.2. The van der Waals surface area contributed by atoms with E-state index >= 15 is 0 Å². The number of amides is 1. The number of methoxy groups -OCH3 is 1. The van der Waals surface area contributed by atoms with E-state index in [0.717, 1.165) is 11.3 Å². The second-order valence-corrected chi connectivity index (χ2v) is 5.84. The lowest BCUT2D eigenvalue weighted by molar-refractivity contribution is 0.0954. The fourth-order valence-corrected chi connectivity index (χ4v) is 2.82. The lowest BCUT2D eigenvalue weighted by atomic mass is 10.1. The molecule has 1 N–H and O–H groups in total. The summed E-state index contributed by atoms with van der Waals surface area (Å²) in [5.74, 6) is 0.0629. The molecule has 1 aromatic heterocycles. The lowest BCUT2D eigenvalue weighted by Gasteiger charge is -2.10. The summed E-state index contributed by atoms with van der Waals surface area (Å²) >= 11 is 6.08. The normalized spacial score (nSPS) is 10.7. The summed E-state index contributed by atoms with van der Waals surface area (Å²) in [6.45, 7) is 0.428. The zero-order chi connectivity index (χ0) is 17.8. The van der Waals surface area contributed by atoms with E-state index < -0.39 is 5.82 Å². The molecular weight excluding hydrogens is 343 g/mol. The van der Waals surface area contributed by atoms with Gasteiger partial charge in [-0.05, 0) is 36.2 Å². The Hall–Kier alpha value is -2.66. The minimum absolute atomic E-state index is 0.0490. The molecule has 0 fully saturated rings. The van der Waals surface area contributed by atoms with E-state index in [1.54, 1.807) is 19.2 Å². The Morgan fingerprint density at radius 3 is 2.84 bits per heavy atom. The average molecular weight is 359 g/mol. The molecule has 2 aromatic carbocycles. The van der Waals surface area contributed by atoms with Crippen molar-refractivity contribution in [1.29, 1.82) is 0 Å². The highest BCUT2D eigenvalue weighted by molar-refractivity contribution is 6.33. The number of benzene rings is 2. The van der Waals surface area contributed by atoms with Crippen LogP contribution in [0.25, 0.3) is 10.9 Å². The van der Waals surface area contributed by atoms with Gasteiger partial charge < -0.3 is 10.1 Å². The topological polar surface area (TPSA) is 51.2 Å². The van der Waals surface area contributed by atoms with Crippen LogP contribution >= 0.6 is 11.6 Å². The number of rotatable bonds is 5. The second kappa shape index (κ2) is 7.49. The zero-order valence-electron chi connectivity index (χ0n) is 13.6. The third-order valence-electron chi connectivity index (χ3n) is 3.85. The van der Waals surface area contributed by atoms with Crippen molar-refractivity contribution in [3.8, 4) is 5.75 Å². The number of para-hydroxylation sites is 1. The number of pyridine rings is 1. The smallest absolute Gasteiger partial charge is 0.254 e. The first-order valence-corrected chi connectivity index (χ1v) is 8.12. The van der Waals surface area contributed by atoms with Gasteiger partial charge in [0.1, 0.15) is 16.7 Å². The molecular formula is C19H16ClFN2O2. The van der Waals surface area contributed by atoms with E-state index in [0.29, 0.717) is 23.9 Å². The Kier molecular flexibility index (Phi) is 5.14. The van der Waals surface area contributed by atoms with Crippen molar-refractivity contribution in [3.05, 3.63) is 70.6 Å². The van der Waals surface area contributed by atoms with Crippen LogP contribution in [0.1, 0.15) is 15.9 Å². The Morgan fingerprint density at radius 2 is 2.04 bits per heavy atom. The van der Waals surface area contributed by atoms with Gasteiger partial charge >= 0.3 is 0 Å². The molecule has 0 spiro atoms. The predicted molar refractivity (Wildman–Crippen MR) is 95.7 cm³/mol. The Labute approximate surface area is 149 Å². The van der Waals surface area contributed by atoms with Gasteiger partial charge in [-0.25, -0.2) is 9.37 Å². The molecule has 0 aliphatic carbocycles. The highest BCUT2D eigenvalue weighted by atomic mass is 35.5. The van der Waals surface area contributed by atoms with Crippen molar-refractivity contribution in [2.45, 2.75) is 6.42 Å². The first-order chi connectivity index (χ1) is 12.1. The quantitative estimate of drug-likeness (QED) is 0.701. The largest absolute Gasteiger partial charge is 0.496 e. The molecule has 1 heterocycles. The van der Waals surface area contributed by atoms with Crippen LogP contribution in [-0.2, 0) is 6.42 Å². The molecule has 0 radical (unpaired) electrons. The van der Waals surface area contributed by atoms with Crippen LogP contribution in [0.15, 0.2) is 48.5 Å². The van der Waals surface area contributed by atoms with Crippen molar-refractivity contribution in [1.82, 2.24) is 10.3 Å². The van der Waals surface area contributed by atoms with Crippen LogP contribution in [0.5, 0.6) is 5.75 Å². The molecule has 0 atom stereocenters. The maximum atomic E-state index is 13.2. The molecule has 1 amide bonds. The second-order valence-electron chi connectivity index (χ2n) is 5.48. The zero-order valence-corrected chi connectivity index (χ0v) is 14.3. The van der Waals surface area contributed by atoms with E-state index in [-0.39, 0.29) is 16.6 Å². The van der Waals surface area contributed by atoms with E-state index in [1.807, 2.05) is 24.3 Å². The third-order valence-corrected chi connectivity index (χ3v) is 4.14.